The quantitative estimate of drug-likeness (QED) is 0.829. The van der Waals surface area contributed by atoms with Crippen LogP contribution in [0, 0.1) is 5.41 Å². The van der Waals surface area contributed by atoms with Crippen molar-refractivity contribution in [3.63, 3.8) is 0 Å². The van der Waals surface area contributed by atoms with Gasteiger partial charge in [-0.15, -0.1) is 12.4 Å². The summed E-state index contributed by atoms with van der Waals surface area (Å²) in [5, 5.41) is 6.43. The fraction of sp³-hybridized carbons (Fsp3) is 0.611. The molecule has 0 spiro atoms. The van der Waals surface area contributed by atoms with Gasteiger partial charge in [0.2, 0.25) is 0 Å². The van der Waals surface area contributed by atoms with E-state index in [1.165, 1.54) is 0 Å². The molecule has 2 heterocycles. The van der Waals surface area contributed by atoms with E-state index in [1.807, 2.05) is 6.07 Å². The van der Waals surface area contributed by atoms with Gasteiger partial charge in [0.25, 0.3) is 5.91 Å². The zero-order chi connectivity index (χ0) is 16.8. The van der Waals surface area contributed by atoms with E-state index in [0.717, 1.165) is 32.4 Å². The van der Waals surface area contributed by atoms with E-state index < -0.39 is 0 Å². The molecule has 0 unspecified atom stereocenters. The highest BCUT2D eigenvalue weighted by Crippen LogP contribution is 2.31. The minimum atomic E-state index is -0.0837. The molecule has 25 heavy (non-hydrogen) atoms. The molecular formula is C18H27ClN2O4. The maximum absolute atomic E-state index is 12.5. The number of hydrogen-bond acceptors (Lipinski definition) is 5. The Morgan fingerprint density at radius 2 is 1.96 bits per heavy atom. The lowest BCUT2D eigenvalue weighted by Crippen LogP contribution is -2.47. The second-order valence-electron chi connectivity index (χ2n) is 6.58. The Balaban J connectivity index is 0.00000225. The van der Waals surface area contributed by atoms with E-state index in [1.54, 1.807) is 19.2 Å². The van der Waals surface area contributed by atoms with Gasteiger partial charge in [-0.05, 0) is 44.1 Å². The van der Waals surface area contributed by atoms with Crippen LogP contribution in [0.25, 0.3) is 0 Å². The van der Waals surface area contributed by atoms with E-state index in [4.69, 9.17) is 14.2 Å². The van der Waals surface area contributed by atoms with Crippen LogP contribution in [-0.4, -0.2) is 52.5 Å². The number of benzene rings is 1. The highest BCUT2D eigenvalue weighted by atomic mass is 35.5. The summed E-state index contributed by atoms with van der Waals surface area (Å²) >= 11 is 0. The molecule has 140 valence electrons. The van der Waals surface area contributed by atoms with E-state index in [2.05, 4.69) is 10.6 Å². The maximum Gasteiger partial charge on any atom is 0.251 e. The molecule has 0 atom stereocenters. The van der Waals surface area contributed by atoms with Gasteiger partial charge in [-0.2, -0.15) is 0 Å². The zero-order valence-electron chi connectivity index (χ0n) is 14.6. The molecule has 1 amide bonds. The fourth-order valence-electron chi connectivity index (χ4n) is 3.31. The second-order valence-corrected chi connectivity index (χ2v) is 6.58. The van der Waals surface area contributed by atoms with Crippen LogP contribution in [0.2, 0.25) is 0 Å². The largest absolute Gasteiger partial charge is 0.490 e. The van der Waals surface area contributed by atoms with Gasteiger partial charge < -0.3 is 24.8 Å². The first kappa shape index (κ1) is 19.8. The number of nitrogens with one attached hydrogen (secondary N) is 2. The van der Waals surface area contributed by atoms with Crippen molar-refractivity contribution < 1.29 is 19.0 Å². The standard InChI is InChI=1S/C18H26N2O4.ClH/c1-22-13-18(5-7-19-8-6-18)12-20-17(21)14-3-4-15-16(11-14)24-10-2-9-23-15;/h3-4,11,19H,2,5-10,12-13H2,1H3,(H,20,21);1H. The number of rotatable bonds is 5. The van der Waals surface area contributed by atoms with Gasteiger partial charge in [-0.1, -0.05) is 0 Å². The molecule has 0 bridgehead atoms. The third kappa shape index (κ3) is 5.00. The third-order valence-corrected chi connectivity index (χ3v) is 4.75. The molecule has 2 aliphatic heterocycles. The molecule has 1 aromatic rings. The number of halogens is 1. The predicted octanol–water partition coefficient (Wildman–Crippen LogP) is 2.02. The Morgan fingerprint density at radius 1 is 1.24 bits per heavy atom. The fourth-order valence-corrected chi connectivity index (χ4v) is 3.31. The summed E-state index contributed by atoms with van der Waals surface area (Å²) in [5.41, 5.74) is 0.613. The first-order valence-electron chi connectivity index (χ1n) is 8.60. The van der Waals surface area contributed by atoms with Crippen LogP contribution >= 0.6 is 12.4 Å². The van der Waals surface area contributed by atoms with E-state index in [9.17, 15) is 4.79 Å². The highest BCUT2D eigenvalue weighted by Gasteiger charge is 2.32. The van der Waals surface area contributed by atoms with Crippen LogP contribution in [0.15, 0.2) is 18.2 Å². The molecule has 0 radical (unpaired) electrons. The average Bonchev–Trinajstić information content (AvgIpc) is 2.85. The van der Waals surface area contributed by atoms with E-state index >= 15 is 0 Å². The average molecular weight is 371 g/mol. The van der Waals surface area contributed by atoms with Crippen molar-refractivity contribution >= 4 is 18.3 Å². The number of carbonyl (C=O) groups excluding carboxylic acids is 1. The smallest absolute Gasteiger partial charge is 0.251 e. The van der Waals surface area contributed by atoms with Gasteiger partial charge in [0.1, 0.15) is 0 Å². The number of piperidine rings is 1. The number of methoxy groups -OCH3 is 1. The van der Waals surface area contributed by atoms with Crippen LogP contribution in [0.1, 0.15) is 29.6 Å². The SMILES string of the molecule is COCC1(CNC(=O)c2ccc3c(c2)OCCCO3)CCNCC1.Cl. The van der Waals surface area contributed by atoms with Crippen LogP contribution in [0.4, 0.5) is 0 Å². The Kier molecular flexibility index (Phi) is 7.35. The minimum absolute atomic E-state index is 0. The first-order valence-corrected chi connectivity index (χ1v) is 8.60. The van der Waals surface area contributed by atoms with Crippen molar-refractivity contribution in [3.8, 4) is 11.5 Å². The molecule has 2 N–H and O–H groups in total. The molecule has 6 nitrogen and oxygen atoms in total. The van der Waals surface area contributed by atoms with E-state index in [-0.39, 0.29) is 23.7 Å². The summed E-state index contributed by atoms with van der Waals surface area (Å²) < 4.78 is 16.7. The van der Waals surface area contributed by atoms with Gasteiger partial charge in [-0.3, -0.25) is 4.79 Å². The van der Waals surface area contributed by atoms with Crippen molar-refractivity contribution in [2.45, 2.75) is 19.3 Å². The van der Waals surface area contributed by atoms with Crippen LogP contribution in [0.5, 0.6) is 11.5 Å². The molecule has 1 saturated heterocycles. The van der Waals surface area contributed by atoms with Crippen LogP contribution in [0.3, 0.4) is 0 Å². The highest BCUT2D eigenvalue weighted by molar-refractivity contribution is 5.94. The molecule has 3 rings (SSSR count). The summed E-state index contributed by atoms with van der Waals surface area (Å²) in [4.78, 5) is 12.5. The van der Waals surface area contributed by atoms with Gasteiger partial charge >= 0.3 is 0 Å². The van der Waals surface area contributed by atoms with Gasteiger partial charge in [0, 0.05) is 31.1 Å². The zero-order valence-corrected chi connectivity index (χ0v) is 15.5. The van der Waals surface area contributed by atoms with Crippen molar-refractivity contribution in [1.82, 2.24) is 10.6 Å². The molecule has 0 saturated carbocycles. The number of carbonyl (C=O) groups is 1. The molecule has 2 aliphatic rings. The third-order valence-electron chi connectivity index (χ3n) is 4.75. The van der Waals surface area contributed by atoms with Gasteiger partial charge in [0.15, 0.2) is 11.5 Å². The van der Waals surface area contributed by atoms with Crippen molar-refractivity contribution in [3.05, 3.63) is 23.8 Å². The Labute approximate surface area is 155 Å². The number of fused-ring (bicyclic) bond motifs is 1. The van der Waals surface area contributed by atoms with E-state index in [0.29, 0.717) is 43.4 Å². The summed E-state index contributed by atoms with van der Waals surface area (Å²) in [6.07, 6.45) is 2.86. The second kappa shape index (κ2) is 9.27. The summed E-state index contributed by atoms with van der Waals surface area (Å²) in [7, 11) is 1.72. The predicted molar refractivity (Wildman–Crippen MR) is 98.0 cm³/mol. The summed E-state index contributed by atoms with van der Waals surface area (Å²) in [6, 6.07) is 5.36. The normalized spacial score (nSPS) is 18.6. The van der Waals surface area contributed by atoms with Gasteiger partial charge in [0.05, 0.1) is 19.8 Å². The molecule has 1 aromatic carbocycles. The Hall–Kier alpha value is -1.50. The lowest BCUT2D eigenvalue weighted by molar-refractivity contribution is 0.0511. The lowest BCUT2D eigenvalue weighted by atomic mass is 9.79. The van der Waals surface area contributed by atoms with Gasteiger partial charge in [-0.25, -0.2) is 0 Å². The lowest BCUT2D eigenvalue weighted by Gasteiger charge is -2.37. The summed E-state index contributed by atoms with van der Waals surface area (Å²) in [6.45, 7) is 4.46. The monoisotopic (exact) mass is 370 g/mol. The van der Waals surface area contributed by atoms with Crippen LogP contribution in [-0.2, 0) is 4.74 Å². The van der Waals surface area contributed by atoms with Crippen LogP contribution < -0.4 is 20.1 Å². The molecule has 0 aromatic heterocycles. The molecule has 7 heteroatoms. The molecular weight excluding hydrogens is 344 g/mol. The first-order chi connectivity index (χ1) is 11.7. The van der Waals surface area contributed by atoms with Crippen molar-refractivity contribution in [2.24, 2.45) is 5.41 Å². The number of amides is 1. The number of hydrogen-bond donors (Lipinski definition) is 2. The minimum Gasteiger partial charge on any atom is -0.490 e. The Bertz CT molecular complexity index is 571. The molecule has 0 aliphatic carbocycles. The summed E-state index contributed by atoms with van der Waals surface area (Å²) in [5.74, 6) is 1.27. The topological polar surface area (TPSA) is 68.8 Å². The Morgan fingerprint density at radius 3 is 2.68 bits per heavy atom. The maximum atomic E-state index is 12.5. The van der Waals surface area contributed by atoms with Crippen molar-refractivity contribution in [2.75, 3.05) is 46.6 Å². The molecule has 1 fully saturated rings. The van der Waals surface area contributed by atoms with Crippen molar-refractivity contribution in [1.29, 1.82) is 0 Å². The number of ether oxygens (including phenoxy) is 3.